The molecule has 2 heteroatoms. The van der Waals surface area contributed by atoms with Crippen molar-refractivity contribution < 1.29 is 0 Å². The van der Waals surface area contributed by atoms with Crippen LogP contribution in [0.3, 0.4) is 0 Å². The Bertz CT molecular complexity index is 514. The number of likely N-dealkylation sites (N-methyl/N-ethyl adjacent to an activating group) is 1. The van der Waals surface area contributed by atoms with E-state index in [1.165, 1.54) is 16.7 Å². The molecule has 20 heavy (non-hydrogen) atoms. The molecular weight excluding hydrogens is 244 g/mol. The van der Waals surface area contributed by atoms with Crippen molar-refractivity contribution in [3.8, 4) is 0 Å². The lowest BCUT2D eigenvalue weighted by Crippen LogP contribution is -2.23. The summed E-state index contributed by atoms with van der Waals surface area (Å²) in [6.07, 6.45) is 5.01. The van der Waals surface area contributed by atoms with Crippen molar-refractivity contribution >= 4 is 0 Å². The van der Waals surface area contributed by atoms with E-state index in [0.717, 1.165) is 25.0 Å². The largest absolute Gasteiger partial charge is 0.317 e. The van der Waals surface area contributed by atoms with Gasteiger partial charge in [0.2, 0.25) is 0 Å². The second-order valence-electron chi connectivity index (χ2n) is 5.40. The molecular formula is C18H24N2. The van der Waals surface area contributed by atoms with E-state index in [-0.39, 0.29) is 0 Å². The zero-order valence-electron chi connectivity index (χ0n) is 12.7. The van der Waals surface area contributed by atoms with Crippen LogP contribution in [0.15, 0.2) is 42.6 Å². The van der Waals surface area contributed by atoms with E-state index in [2.05, 4.69) is 60.5 Å². The van der Waals surface area contributed by atoms with Gasteiger partial charge in [0.1, 0.15) is 0 Å². The molecule has 0 saturated carbocycles. The lowest BCUT2D eigenvalue weighted by Gasteiger charge is -2.10. The SMILES string of the molecule is CCc1ccc(Cc2ccc(CC(C)NC)cc2)nc1. The van der Waals surface area contributed by atoms with Gasteiger partial charge in [-0.05, 0) is 49.6 Å². The van der Waals surface area contributed by atoms with Gasteiger partial charge in [0, 0.05) is 24.4 Å². The predicted octanol–water partition coefficient (Wildman–Crippen LogP) is 3.39. The maximum atomic E-state index is 4.52. The first-order valence-corrected chi connectivity index (χ1v) is 7.40. The van der Waals surface area contributed by atoms with E-state index < -0.39 is 0 Å². The number of hydrogen-bond acceptors (Lipinski definition) is 2. The summed E-state index contributed by atoms with van der Waals surface area (Å²) in [5.41, 5.74) is 5.14. The molecule has 1 atom stereocenters. The molecule has 0 bridgehead atoms. The van der Waals surface area contributed by atoms with E-state index in [1.807, 2.05) is 13.2 Å². The highest BCUT2D eigenvalue weighted by Gasteiger charge is 2.02. The second kappa shape index (κ2) is 7.20. The van der Waals surface area contributed by atoms with Gasteiger partial charge in [-0.2, -0.15) is 0 Å². The standard InChI is InChI=1S/C18H24N2/c1-4-15-9-10-18(20-13-15)12-17-7-5-16(6-8-17)11-14(2)19-3/h5-10,13-14,19H,4,11-12H2,1-3H3. The average Bonchev–Trinajstić information content (AvgIpc) is 2.50. The van der Waals surface area contributed by atoms with Gasteiger partial charge >= 0.3 is 0 Å². The quantitative estimate of drug-likeness (QED) is 0.868. The molecule has 1 aromatic carbocycles. The fourth-order valence-electron chi connectivity index (χ4n) is 2.23. The molecule has 2 aromatic rings. The van der Waals surface area contributed by atoms with Crippen LogP contribution in [-0.4, -0.2) is 18.1 Å². The molecule has 1 N–H and O–H groups in total. The van der Waals surface area contributed by atoms with Crippen molar-refractivity contribution in [1.29, 1.82) is 0 Å². The Balaban J connectivity index is 1.99. The van der Waals surface area contributed by atoms with E-state index in [4.69, 9.17) is 0 Å². The number of hydrogen-bond donors (Lipinski definition) is 1. The van der Waals surface area contributed by atoms with Crippen LogP contribution in [0.1, 0.15) is 36.2 Å². The Labute approximate surface area is 122 Å². The zero-order chi connectivity index (χ0) is 14.4. The first-order valence-electron chi connectivity index (χ1n) is 7.40. The maximum Gasteiger partial charge on any atom is 0.0447 e. The number of nitrogens with one attached hydrogen (secondary N) is 1. The summed E-state index contributed by atoms with van der Waals surface area (Å²) < 4.78 is 0. The van der Waals surface area contributed by atoms with E-state index >= 15 is 0 Å². The van der Waals surface area contributed by atoms with Crippen LogP contribution in [0, 0.1) is 0 Å². The molecule has 0 fully saturated rings. The van der Waals surface area contributed by atoms with Gasteiger partial charge in [-0.15, -0.1) is 0 Å². The minimum absolute atomic E-state index is 0.518. The number of benzene rings is 1. The molecule has 0 radical (unpaired) electrons. The van der Waals surface area contributed by atoms with Gasteiger partial charge in [-0.1, -0.05) is 37.3 Å². The number of aromatic nitrogens is 1. The minimum Gasteiger partial charge on any atom is -0.317 e. The van der Waals surface area contributed by atoms with Crippen molar-refractivity contribution in [2.45, 2.75) is 39.2 Å². The van der Waals surface area contributed by atoms with Crippen LogP contribution < -0.4 is 5.32 Å². The van der Waals surface area contributed by atoms with Crippen LogP contribution in [0.2, 0.25) is 0 Å². The monoisotopic (exact) mass is 268 g/mol. The topological polar surface area (TPSA) is 24.9 Å². The first kappa shape index (κ1) is 14.7. The van der Waals surface area contributed by atoms with Crippen molar-refractivity contribution in [3.63, 3.8) is 0 Å². The van der Waals surface area contributed by atoms with E-state index in [9.17, 15) is 0 Å². The van der Waals surface area contributed by atoms with Crippen molar-refractivity contribution in [2.24, 2.45) is 0 Å². The van der Waals surface area contributed by atoms with Gasteiger partial charge in [-0.3, -0.25) is 4.98 Å². The lowest BCUT2D eigenvalue weighted by atomic mass is 10.0. The molecule has 106 valence electrons. The molecule has 1 aromatic heterocycles. The summed E-state index contributed by atoms with van der Waals surface area (Å²) >= 11 is 0. The molecule has 1 unspecified atom stereocenters. The van der Waals surface area contributed by atoms with Crippen LogP contribution in [-0.2, 0) is 19.3 Å². The molecule has 0 saturated heterocycles. The highest BCUT2D eigenvalue weighted by Crippen LogP contribution is 2.11. The molecule has 2 rings (SSSR count). The molecule has 0 aliphatic heterocycles. The van der Waals surface area contributed by atoms with Crippen LogP contribution in [0.5, 0.6) is 0 Å². The van der Waals surface area contributed by atoms with Crippen LogP contribution in [0.25, 0.3) is 0 Å². The van der Waals surface area contributed by atoms with Crippen molar-refractivity contribution in [3.05, 3.63) is 65.0 Å². The van der Waals surface area contributed by atoms with Gasteiger partial charge in [0.15, 0.2) is 0 Å². The molecule has 0 spiro atoms. The van der Waals surface area contributed by atoms with Gasteiger partial charge in [0.25, 0.3) is 0 Å². The summed E-state index contributed by atoms with van der Waals surface area (Å²) in [7, 11) is 2.00. The van der Waals surface area contributed by atoms with Gasteiger partial charge < -0.3 is 5.32 Å². The number of pyridine rings is 1. The summed E-state index contributed by atoms with van der Waals surface area (Å²) in [5.74, 6) is 0. The lowest BCUT2D eigenvalue weighted by molar-refractivity contribution is 0.608. The van der Waals surface area contributed by atoms with Crippen LogP contribution in [0.4, 0.5) is 0 Å². The maximum absolute atomic E-state index is 4.52. The van der Waals surface area contributed by atoms with Crippen molar-refractivity contribution in [1.82, 2.24) is 10.3 Å². The van der Waals surface area contributed by atoms with Gasteiger partial charge in [-0.25, -0.2) is 0 Å². The Kier molecular flexibility index (Phi) is 5.31. The van der Waals surface area contributed by atoms with E-state index in [1.54, 1.807) is 0 Å². The van der Waals surface area contributed by atoms with Crippen LogP contribution >= 0.6 is 0 Å². The fourth-order valence-corrected chi connectivity index (χ4v) is 2.23. The highest BCUT2D eigenvalue weighted by molar-refractivity contribution is 5.27. The molecule has 0 amide bonds. The normalized spacial score (nSPS) is 12.3. The Hall–Kier alpha value is -1.67. The number of aryl methyl sites for hydroxylation is 1. The molecule has 1 heterocycles. The number of nitrogens with zero attached hydrogens (tertiary/aromatic N) is 1. The van der Waals surface area contributed by atoms with E-state index in [0.29, 0.717) is 6.04 Å². The Morgan fingerprint density at radius 3 is 2.20 bits per heavy atom. The van der Waals surface area contributed by atoms with Gasteiger partial charge in [0.05, 0.1) is 0 Å². The predicted molar refractivity (Wildman–Crippen MR) is 85.1 cm³/mol. The summed E-state index contributed by atoms with van der Waals surface area (Å²) in [5, 5.41) is 3.27. The van der Waals surface area contributed by atoms with Crippen molar-refractivity contribution in [2.75, 3.05) is 7.05 Å². The zero-order valence-corrected chi connectivity index (χ0v) is 12.7. The summed E-state index contributed by atoms with van der Waals surface area (Å²) in [6, 6.07) is 13.7. The third kappa shape index (κ3) is 4.17. The molecule has 0 aliphatic rings. The Morgan fingerprint density at radius 1 is 1.00 bits per heavy atom. The highest BCUT2D eigenvalue weighted by atomic mass is 14.8. The third-order valence-corrected chi connectivity index (χ3v) is 3.74. The Morgan fingerprint density at radius 2 is 1.65 bits per heavy atom. The molecule has 2 nitrogen and oxygen atoms in total. The average molecular weight is 268 g/mol. The summed E-state index contributed by atoms with van der Waals surface area (Å²) in [6.45, 7) is 4.36. The third-order valence-electron chi connectivity index (χ3n) is 3.74. The number of rotatable bonds is 6. The first-order chi connectivity index (χ1) is 9.71. The fraction of sp³-hybridized carbons (Fsp3) is 0.389. The second-order valence-corrected chi connectivity index (χ2v) is 5.40. The minimum atomic E-state index is 0.518. The molecule has 0 aliphatic carbocycles. The summed E-state index contributed by atoms with van der Waals surface area (Å²) in [4.78, 5) is 4.52. The smallest absolute Gasteiger partial charge is 0.0447 e.